The first-order valence-electron chi connectivity index (χ1n) is 8.62. The van der Waals surface area contributed by atoms with Crippen molar-refractivity contribution in [2.24, 2.45) is 12.2 Å². The molecule has 0 saturated heterocycles. The van der Waals surface area contributed by atoms with Crippen molar-refractivity contribution in [3.8, 4) is 0 Å². The lowest BCUT2D eigenvalue weighted by molar-refractivity contribution is 0.103. The molecule has 0 radical (unpaired) electrons. The molecule has 144 valence electrons. The van der Waals surface area contributed by atoms with Crippen LogP contribution < -0.4 is 0 Å². The zero-order valence-electron chi connectivity index (χ0n) is 16.4. The SMILES string of the molecule is CO/N=C1\CCS(=O)(=O)c2c(C)c(C(=O)c3c(C)nn(C)c3C)cc(C)c21. The van der Waals surface area contributed by atoms with E-state index in [1.54, 1.807) is 38.6 Å². The van der Waals surface area contributed by atoms with Gasteiger partial charge in [-0.05, 0) is 44.9 Å². The lowest BCUT2D eigenvalue weighted by atomic mass is 9.91. The van der Waals surface area contributed by atoms with Gasteiger partial charge in [0.1, 0.15) is 7.11 Å². The smallest absolute Gasteiger partial charge is 0.197 e. The quantitative estimate of drug-likeness (QED) is 0.594. The number of nitrogens with zero attached hydrogens (tertiary/aromatic N) is 3. The number of carbonyl (C=O) groups excluding carboxylic acids is 1. The topological polar surface area (TPSA) is 90.6 Å². The number of fused-ring (bicyclic) bond motifs is 1. The van der Waals surface area contributed by atoms with Crippen molar-refractivity contribution in [3.05, 3.63) is 45.3 Å². The van der Waals surface area contributed by atoms with Crippen molar-refractivity contribution >= 4 is 21.3 Å². The predicted octanol–water partition coefficient (Wildman–Crippen LogP) is 2.41. The van der Waals surface area contributed by atoms with Gasteiger partial charge in [0.2, 0.25) is 0 Å². The van der Waals surface area contributed by atoms with Crippen molar-refractivity contribution in [1.29, 1.82) is 0 Å². The number of ketones is 1. The van der Waals surface area contributed by atoms with Gasteiger partial charge in [-0.3, -0.25) is 9.48 Å². The van der Waals surface area contributed by atoms with Crippen LogP contribution in [0.15, 0.2) is 16.1 Å². The number of benzene rings is 1. The van der Waals surface area contributed by atoms with Crippen LogP contribution >= 0.6 is 0 Å². The van der Waals surface area contributed by atoms with Crippen LogP contribution in [-0.2, 0) is 21.7 Å². The summed E-state index contributed by atoms with van der Waals surface area (Å²) < 4.78 is 27.3. The lowest BCUT2D eigenvalue weighted by Crippen LogP contribution is -2.26. The third-order valence-electron chi connectivity index (χ3n) is 5.12. The molecule has 0 unspecified atom stereocenters. The molecule has 0 fully saturated rings. The van der Waals surface area contributed by atoms with Crippen molar-refractivity contribution < 1.29 is 18.0 Å². The van der Waals surface area contributed by atoms with Gasteiger partial charge in [-0.2, -0.15) is 5.10 Å². The van der Waals surface area contributed by atoms with Gasteiger partial charge < -0.3 is 4.84 Å². The van der Waals surface area contributed by atoms with E-state index < -0.39 is 9.84 Å². The minimum Gasteiger partial charge on any atom is -0.399 e. The monoisotopic (exact) mass is 389 g/mol. The van der Waals surface area contributed by atoms with Crippen molar-refractivity contribution in [1.82, 2.24) is 9.78 Å². The average Bonchev–Trinajstić information content (AvgIpc) is 2.84. The molecule has 1 aliphatic heterocycles. The van der Waals surface area contributed by atoms with E-state index >= 15 is 0 Å². The number of sulfone groups is 1. The molecule has 0 amide bonds. The number of hydrogen-bond donors (Lipinski definition) is 0. The summed E-state index contributed by atoms with van der Waals surface area (Å²) in [6, 6.07) is 1.74. The van der Waals surface area contributed by atoms with Crippen LogP contribution in [0, 0.1) is 27.7 Å². The van der Waals surface area contributed by atoms with Crippen LogP contribution in [-0.4, -0.2) is 42.6 Å². The summed E-state index contributed by atoms with van der Waals surface area (Å²) in [6.45, 7) is 7.08. The van der Waals surface area contributed by atoms with E-state index in [1.807, 2.05) is 6.92 Å². The Morgan fingerprint density at radius 1 is 1.26 bits per heavy atom. The number of rotatable bonds is 3. The normalized spacial score (nSPS) is 17.0. The fraction of sp³-hybridized carbons (Fsp3) is 0.421. The molecule has 0 spiro atoms. The first kappa shape index (κ1) is 19.3. The van der Waals surface area contributed by atoms with Crippen LogP contribution in [0.2, 0.25) is 0 Å². The molecule has 8 heteroatoms. The van der Waals surface area contributed by atoms with Gasteiger partial charge in [-0.1, -0.05) is 5.16 Å². The molecular weight excluding hydrogens is 366 g/mol. The third kappa shape index (κ3) is 2.97. The molecule has 0 N–H and O–H groups in total. The van der Waals surface area contributed by atoms with E-state index in [0.29, 0.717) is 39.2 Å². The standard InChI is InChI=1S/C19H23N3O4S/c1-10-9-14(18(23)17-12(3)20-22(5)13(17)4)11(2)19-16(10)15(21-26-6)7-8-27(19,24)25/h9H,7-8H2,1-6H3/b21-15+. The summed E-state index contributed by atoms with van der Waals surface area (Å²) >= 11 is 0. The highest BCUT2D eigenvalue weighted by atomic mass is 32.2. The zero-order chi connectivity index (χ0) is 20.1. The molecule has 1 aromatic carbocycles. The van der Waals surface area contributed by atoms with Crippen LogP contribution in [0.5, 0.6) is 0 Å². The molecule has 3 rings (SSSR count). The Morgan fingerprint density at radius 3 is 2.48 bits per heavy atom. The molecule has 0 bridgehead atoms. The Kier molecular flexibility index (Phi) is 4.71. The highest BCUT2D eigenvalue weighted by molar-refractivity contribution is 7.91. The summed E-state index contributed by atoms with van der Waals surface area (Å²) in [5.74, 6) is -0.266. The highest BCUT2D eigenvalue weighted by Crippen LogP contribution is 2.34. The summed E-state index contributed by atoms with van der Waals surface area (Å²) in [4.78, 5) is 18.4. The first-order valence-corrected chi connectivity index (χ1v) is 10.3. The fourth-order valence-electron chi connectivity index (χ4n) is 3.77. The Bertz CT molecular complexity index is 1090. The minimum absolute atomic E-state index is 0.0505. The van der Waals surface area contributed by atoms with Gasteiger partial charge in [0.05, 0.1) is 27.6 Å². The van der Waals surface area contributed by atoms with E-state index in [1.165, 1.54) is 7.11 Å². The van der Waals surface area contributed by atoms with Gasteiger partial charge in [0, 0.05) is 30.3 Å². The van der Waals surface area contributed by atoms with Gasteiger partial charge in [-0.15, -0.1) is 0 Å². The van der Waals surface area contributed by atoms with E-state index in [9.17, 15) is 13.2 Å². The van der Waals surface area contributed by atoms with Crippen LogP contribution in [0.4, 0.5) is 0 Å². The summed E-state index contributed by atoms with van der Waals surface area (Å²) in [5, 5.41) is 8.31. The Labute approximate surface area is 158 Å². The van der Waals surface area contributed by atoms with Gasteiger partial charge in [0.25, 0.3) is 0 Å². The number of oxime groups is 1. The molecule has 2 heterocycles. The minimum atomic E-state index is -3.51. The Balaban J connectivity index is 2.31. The molecule has 27 heavy (non-hydrogen) atoms. The summed E-state index contributed by atoms with van der Waals surface area (Å²) in [7, 11) is -0.295. The van der Waals surface area contributed by atoms with Gasteiger partial charge in [0.15, 0.2) is 15.6 Å². The van der Waals surface area contributed by atoms with Crippen LogP contribution in [0.3, 0.4) is 0 Å². The van der Waals surface area contributed by atoms with Gasteiger partial charge >= 0.3 is 0 Å². The van der Waals surface area contributed by atoms with Crippen LogP contribution in [0.1, 0.15) is 50.4 Å². The largest absolute Gasteiger partial charge is 0.399 e. The van der Waals surface area contributed by atoms with Gasteiger partial charge in [-0.25, -0.2) is 8.42 Å². The molecular formula is C19H23N3O4S. The lowest BCUT2D eigenvalue weighted by Gasteiger charge is -2.23. The average molecular weight is 389 g/mol. The maximum atomic E-state index is 13.3. The zero-order valence-corrected chi connectivity index (χ0v) is 17.2. The highest BCUT2D eigenvalue weighted by Gasteiger charge is 2.34. The first-order chi connectivity index (χ1) is 12.6. The van der Waals surface area contributed by atoms with Crippen molar-refractivity contribution in [2.75, 3.05) is 12.9 Å². The maximum absolute atomic E-state index is 13.3. The Morgan fingerprint density at radius 2 is 1.93 bits per heavy atom. The Hall–Kier alpha value is -2.48. The van der Waals surface area contributed by atoms with E-state index in [2.05, 4.69) is 10.3 Å². The van der Waals surface area contributed by atoms with Crippen LogP contribution in [0.25, 0.3) is 0 Å². The van der Waals surface area contributed by atoms with E-state index in [0.717, 1.165) is 5.69 Å². The third-order valence-corrected chi connectivity index (χ3v) is 6.99. The molecule has 0 aliphatic carbocycles. The molecule has 1 aromatic heterocycles. The second-order valence-corrected chi connectivity index (χ2v) is 8.90. The summed E-state index contributed by atoms with van der Waals surface area (Å²) in [5.41, 5.74) is 4.55. The fourth-order valence-corrected chi connectivity index (χ4v) is 5.60. The summed E-state index contributed by atoms with van der Waals surface area (Å²) in [6.07, 6.45) is 0.289. The van der Waals surface area contributed by atoms with Crippen molar-refractivity contribution in [2.45, 2.75) is 39.0 Å². The van der Waals surface area contributed by atoms with E-state index in [4.69, 9.17) is 4.84 Å². The van der Waals surface area contributed by atoms with Crippen molar-refractivity contribution in [3.63, 3.8) is 0 Å². The predicted molar refractivity (Wildman–Crippen MR) is 102 cm³/mol. The second-order valence-electron chi connectivity index (χ2n) is 6.86. The second kappa shape index (κ2) is 6.60. The molecule has 1 aliphatic rings. The molecule has 2 aromatic rings. The number of aromatic nitrogens is 2. The molecule has 7 nitrogen and oxygen atoms in total. The maximum Gasteiger partial charge on any atom is 0.197 e. The number of hydrogen-bond acceptors (Lipinski definition) is 6. The molecule has 0 atom stereocenters. The van der Waals surface area contributed by atoms with E-state index in [-0.39, 0.29) is 22.9 Å². The molecule has 0 saturated carbocycles. The number of aryl methyl sites for hydroxylation is 3. The number of carbonyl (C=O) groups is 1.